The van der Waals surface area contributed by atoms with E-state index < -0.39 is 4.92 Å². The molecule has 2 aromatic carbocycles. The topological polar surface area (TPSA) is 81.9 Å². The number of halogens is 1. The SMILES string of the molecule is CCOc1cc(Br)c(/C=C2/SC(=S)N(c3cccc([N+](=O)[O-])c3)C2=O)cc1OC. The molecule has 1 aliphatic rings. The van der Waals surface area contributed by atoms with Gasteiger partial charge in [0.2, 0.25) is 0 Å². The van der Waals surface area contributed by atoms with E-state index in [1.165, 1.54) is 30.2 Å². The Balaban J connectivity index is 1.96. The lowest BCUT2D eigenvalue weighted by Gasteiger charge is -2.14. The van der Waals surface area contributed by atoms with Gasteiger partial charge in [0.05, 0.1) is 29.2 Å². The molecule has 150 valence electrons. The molecule has 2 aromatic rings. The minimum absolute atomic E-state index is 0.112. The van der Waals surface area contributed by atoms with Crippen LogP contribution in [-0.4, -0.2) is 28.9 Å². The zero-order valence-electron chi connectivity index (χ0n) is 15.4. The molecule has 0 atom stereocenters. The molecule has 0 spiro atoms. The smallest absolute Gasteiger partial charge is 0.271 e. The van der Waals surface area contributed by atoms with Gasteiger partial charge < -0.3 is 9.47 Å². The number of carbonyl (C=O) groups is 1. The third-order valence-corrected chi connectivity index (χ3v) is 5.95. The summed E-state index contributed by atoms with van der Waals surface area (Å²) >= 11 is 9.95. The Hall–Kier alpha value is -2.43. The van der Waals surface area contributed by atoms with Crippen molar-refractivity contribution in [1.82, 2.24) is 0 Å². The Morgan fingerprint density at radius 3 is 2.72 bits per heavy atom. The highest BCUT2D eigenvalue weighted by molar-refractivity contribution is 9.10. The maximum absolute atomic E-state index is 12.9. The molecule has 1 saturated heterocycles. The average Bonchev–Trinajstić information content (AvgIpc) is 2.97. The van der Waals surface area contributed by atoms with Crippen molar-refractivity contribution in [2.24, 2.45) is 0 Å². The van der Waals surface area contributed by atoms with Gasteiger partial charge in [0.25, 0.3) is 11.6 Å². The van der Waals surface area contributed by atoms with Crippen LogP contribution in [0, 0.1) is 10.1 Å². The Labute approximate surface area is 184 Å². The van der Waals surface area contributed by atoms with Crippen LogP contribution in [0.25, 0.3) is 6.08 Å². The Morgan fingerprint density at radius 2 is 2.07 bits per heavy atom. The number of thioether (sulfide) groups is 1. The number of non-ortho nitro benzene ring substituents is 1. The molecular weight excluding hydrogens is 480 g/mol. The van der Waals surface area contributed by atoms with Crippen LogP contribution in [0.4, 0.5) is 11.4 Å². The van der Waals surface area contributed by atoms with E-state index in [1.54, 1.807) is 24.3 Å². The Bertz CT molecular complexity index is 1040. The number of nitro benzene ring substituents is 1. The highest BCUT2D eigenvalue weighted by Gasteiger charge is 2.34. The van der Waals surface area contributed by atoms with E-state index in [4.69, 9.17) is 21.7 Å². The van der Waals surface area contributed by atoms with E-state index >= 15 is 0 Å². The highest BCUT2D eigenvalue weighted by Crippen LogP contribution is 2.40. The van der Waals surface area contributed by atoms with E-state index in [-0.39, 0.29) is 11.6 Å². The van der Waals surface area contributed by atoms with Gasteiger partial charge in [0.15, 0.2) is 15.8 Å². The van der Waals surface area contributed by atoms with Crippen molar-refractivity contribution < 1.29 is 19.2 Å². The van der Waals surface area contributed by atoms with Gasteiger partial charge >= 0.3 is 0 Å². The standard InChI is InChI=1S/C19H15BrN2O5S2/c1-3-27-16-10-14(20)11(7-15(16)26-2)8-17-18(23)21(19(28)29-17)12-5-4-6-13(9-12)22(24)25/h4-10H,3H2,1-2H3/b17-8+. The molecule has 7 nitrogen and oxygen atoms in total. The van der Waals surface area contributed by atoms with Crippen LogP contribution in [0.5, 0.6) is 11.5 Å². The van der Waals surface area contributed by atoms with E-state index in [0.29, 0.717) is 38.6 Å². The van der Waals surface area contributed by atoms with Gasteiger partial charge in [-0.2, -0.15) is 0 Å². The number of hydrogen-bond donors (Lipinski definition) is 0. The molecule has 29 heavy (non-hydrogen) atoms. The van der Waals surface area contributed by atoms with Crippen LogP contribution in [0.1, 0.15) is 12.5 Å². The Morgan fingerprint density at radius 1 is 1.31 bits per heavy atom. The molecule has 0 unspecified atom stereocenters. The van der Waals surface area contributed by atoms with Gasteiger partial charge in [-0.3, -0.25) is 19.8 Å². The first-order chi connectivity index (χ1) is 13.8. The number of hydrogen-bond acceptors (Lipinski definition) is 7. The number of nitrogens with zero attached hydrogens (tertiary/aromatic N) is 2. The predicted octanol–water partition coefficient (Wildman–Crippen LogP) is 5.17. The molecule has 0 aliphatic carbocycles. The molecule has 3 rings (SSSR count). The molecule has 0 bridgehead atoms. The van der Waals surface area contributed by atoms with Crippen molar-refractivity contribution in [2.45, 2.75) is 6.92 Å². The first-order valence-corrected chi connectivity index (χ1v) is 10.4. The van der Waals surface area contributed by atoms with Gasteiger partial charge in [-0.05, 0) is 36.8 Å². The monoisotopic (exact) mass is 494 g/mol. The number of methoxy groups -OCH3 is 1. The summed E-state index contributed by atoms with van der Waals surface area (Å²) in [6.45, 7) is 2.37. The van der Waals surface area contributed by atoms with Crippen LogP contribution in [0.3, 0.4) is 0 Å². The number of benzene rings is 2. The van der Waals surface area contributed by atoms with E-state index in [0.717, 1.165) is 16.2 Å². The maximum Gasteiger partial charge on any atom is 0.271 e. The van der Waals surface area contributed by atoms with Gasteiger partial charge in [-0.25, -0.2) is 0 Å². The van der Waals surface area contributed by atoms with Crippen LogP contribution in [-0.2, 0) is 4.79 Å². The number of rotatable bonds is 6. The molecule has 1 fully saturated rings. The van der Waals surface area contributed by atoms with Gasteiger partial charge in [-0.15, -0.1) is 0 Å². The highest BCUT2D eigenvalue weighted by atomic mass is 79.9. The number of anilines is 1. The second-order valence-corrected chi connectivity index (χ2v) is 8.28. The summed E-state index contributed by atoms with van der Waals surface area (Å²) in [4.78, 5) is 25.2. The van der Waals surface area contributed by atoms with E-state index in [1.807, 2.05) is 6.92 Å². The maximum atomic E-state index is 12.9. The first-order valence-electron chi connectivity index (χ1n) is 8.38. The van der Waals surface area contributed by atoms with Crippen LogP contribution < -0.4 is 14.4 Å². The van der Waals surface area contributed by atoms with Crippen LogP contribution >= 0.6 is 39.9 Å². The minimum Gasteiger partial charge on any atom is -0.493 e. The Kier molecular flexibility index (Phi) is 6.56. The van der Waals surface area contributed by atoms with Gasteiger partial charge in [0, 0.05) is 16.6 Å². The summed E-state index contributed by atoms with van der Waals surface area (Å²) in [6, 6.07) is 9.34. The first kappa shape index (κ1) is 21.3. The van der Waals surface area contributed by atoms with Crippen molar-refractivity contribution in [3.63, 3.8) is 0 Å². The van der Waals surface area contributed by atoms with Crippen molar-refractivity contribution in [2.75, 3.05) is 18.6 Å². The molecule has 10 heteroatoms. The van der Waals surface area contributed by atoms with Gasteiger partial charge in [0.1, 0.15) is 0 Å². The van der Waals surface area contributed by atoms with E-state index in [2.05, 4.69) is 15.9 Å². The third-order valence-electron chi connectivity index (χ3n) is 3.96. The second kappa shape index (κ2) is 8.93. The minimum atomic E-state index is -0.514. The van der Waals surface area contributed by atoms with Crippen molar-refractivity contribution in [1.29, 1.82) is 0 Å². The van der Waals surface area contributed by atoms with Gasteiger partial charge in [-0.1, -0.05) is 46.0 Å². The largest absolute Gasteiger partial charge is 0.493 e. The molecule has 0 N–H and O–H groups in total. The van der Waals surface area contributed by atoms with Crippen molar-refractivity contribution in [3.05, 3.63) is 61.5 Å². The number of ether oxygens (including phenoxy) is 2. The molecular formula is C19H15BrN2O5S2. The molecule has 0 aromatic heterocycles. The van der Waals surface area contributed by atoms with E-state index in [9.17, 15) is 14.9 Å². The molecule has 0 saturated carbocycles. The zero-order valence-corrected chi connectivity index (χ0v) is 18.6. The molecule has 0 radical (unpaired) electrons. The predicted molar refractivity (Wildman–Crippen MR) is 121 cm³/mol. The average molecular weight is 495 g/mol. The number of thiocarbonyl (C=S) groups is 1. The number of nitro groups is 1. The fraction of sp³-hybridized carbons (Fsp3) is 0.158. The lowest BCUT2D eigenvalue weighted by molar-refractivity contribution is -0.384. The zero-order chi connectivity index (χ0) is 21.1. The molecule has 1 aliphatic heterocycles. The van der Waals surface area contributed by atoms with Crippen LogP contribution in [0.2, 0.25) is 0 Å². The number of carbonyl (C=O) groups excluding carboxylic acids is 1. The summed E-state index contributed by atoms with van der Waals surface area (Å²) < 4.78 is 11.9. The normalized spacial score (nSPS) is 15.1. The number of amides is 1. The summed E-state index contributed by atoms with van der Waals surface area (Å²) in [5, 5.41) is 11.0. The summed E-state index contributed by atoms with van der Waals surface area (Å²) in [6.07, 6.45) is 1.69. The third kappa shape index (κ3) is 4.44. The molecule has 1 heterocycles. The quantitative estimate of drug-likeness (QED) is 0.237. The fourth-order valence-electron chi connectivity index (χ4n) is 2.67. The van der Waals surface area contributed by atoms with Crippen LogP contribution in [0.15, 0.2) is 45.8 Å². The summed E-state index contributed by atoms with van der Waals surface area (Å²) in [5.74, 6) is 0.777. The van der Waals surface area contributed by atoms with Crippen molar-refractivity contribution in [3.8, 4) is 11.5 Å². The lowest BCUT2D eigenvalue weighted by atomic mass is 10.1. The summed E-state index contributed by atoms with van der Waals surface area (Å²) in [5.41, 5.74) is 0.956. The second-order valence-electron chi connectivity index (χ2n) is 5.75. The summed E-state index contributed by atoms with van der Waals surface area (Å²) in [7, 11) is 1.54. The molecule has 1 amide bonds. The fourth-order valence-corrected chi connectivity index (χ4v) is 4.39. The van der Waals surface area contributed by atoms with Crippen molar-refractivity contribution >= 4 is 67.6 Å². The lowest BCUT2D eigenvalue weighted by Crippen LogP contribution is -2.27.